The SMILES string of the molecule is CCNC(=NCCc1nc(-c2cccc(Cl)c2)no1)NC1CCC(SC)C1.I. The molecular formula is C19H27ClIN5OS. The van der Waals surface area contributed by atoms with Crippen molar-refractivity contribution in [2.24, 2.45) is 4.99 Å². The number of rotatable bonds is 7. The fourth-order valence-electron chi connectivity index (χ4n) is 3.16. The number of thioether (sulfide) groups is 1. The van der Waals surface area contributed by atoms with Crippen LogP contribution < -0.4 is 10.6 Å². The monoisotopic (exact) mass is 535 g/mol. The minimum absolute atomic E-state index is 0. The maximum Gasteiger partial charge on any atom is 0.228 e. The van der Waals surface area contributed by atoms with Gasteiger partial charge in [0, 0.05) is 34.8 Å². The van der Waals surface area contributed by atoms with E-state index in [1.54, 1.807) is 0 Å². The molecule has 1 heterocycles. The van der Waals surface area contributed by atoms with Gasteiger partial charge in [-0.2, -0.15) is 16.7 Å². The van der Waals surface area contributed by atoms with Crippen molar-refractivity contribution in [2.45, 2.75) is 43.9 Å². The third-order valence-electron chi connectivity index (χ3n) is 4.55. The average molecular weight is 536 g/mol. The summed E-state index contributed by atoms with van der Waals surface area (Å²) in [6.07, 6.45) is 6.45. The van der Waals surface area contributed by atoms with E-state index in [2.05, 4.69) is 38.9 Å². The van der Waals surface area contributed by atoms with Crippen molar-refractivity contribution in [2.75, 3.05) is 19.3 Å². The van der Waals surface area contributed by atoms with E-state index in [9.17, 15) is 0 Å². The molecule has 1 aliphatic carbocycles. The smallest absolute Gasteiger partial charge is 0.228 e. The van der Waals surface area contributed by atoms with E-state index in [0.29, 0.717) is 35.7 Å². The molecule has 0 radical (unpaired) electrons. The standard InChI is InChI=1S/C19H26ClN5OS.HI/c1-3-21-19(23-15-7-8-16(12-15)27-2)22-10-9-17-24-18(25-26-17)13-5-4-6-14(20)11-13;/h4-6,11,15-16H,3,7-10,12H2,1-2H3,(H2,21,22,23);1H. The molecular weight excluding hydrogens is 509 g/mol. The fourth-order valence-corrected chi connectivity index (χ4v) is 4.15. The summed E-state index contributed by atoms with van der Waals surface area (Å²) in [5.74, 6) is 1.99. The molecule has 0 bridgehead atoms. The Balaban J connectivity index is 0.00000280. The van der Waals surface area contributed by atoms with Gasteiger partial charge in [-0.15, -0.1) is 24.0 Å². The van der Waals surface area contributed by atoms with Gasteiger partial charge >= 0.3 is 0 Å². The van der Waals surface area contributed by atoms with Gasteiger partial charge in [0.25, 0.3) is 0 Å². The number of aromatic nitrogens is 2. The van der Waals surface area contributed by atoms with Crippen LogP contribution >= 0.6 is 47.3 Å². The van der Waals surface area contributed by atoms with Crippen LogP contribution in [0.1, 0.15) is 32.1 Å². The summed E-state index contributed by atoms with van der Waals surface area (Å²) in [6.45, 7) is 3.50. The van der Waals surface area contributed by atoms with E-state index in [1.165, 1.54) is 19.3 Å². The topological polar surface area (TPSA) is 75.3 Å². The summed E-state index contributed by atoms with van der Waals surface area (Å²) in [7, 11) is 0. The van der Waals surface area contributed by atoms with E-state index in [4.69, 9.17) is 16.1 Å². The van der Waals surface area contributed by atoms with Gasteiger partial charge in [0.15, 0.2) is 5.96 Å². The van der Waals surface area contributed by atoms with Crippen LogP contribution in [-0.2, 0) is 6.42 Å². The Labute approximate surface area is 192 Å². The molecule has 1 fully saturated rings. The van der Waals surface area contributed by atoms with Crippen LogP contribution in [0.2, 0.25) is 5.02 Å². The van der Waals surface area contributed by atoms with E-state index < -0.39 is 0 Å². The Kier molecular flexibility index (Phi) is 9.87. The largest absolute Gasteiger partial charge is 0.357 e. The Morgan fingerprint density at radius 1 is 1.39 bits per heavy atom. The minimum atomic E-state index is 0. The first-order valence-corrected chi connectivity index (χ1v) is 11.0. The molecule has 3 rings (SSSR count). The van der Waals surface area contributed by atoms with Crippen LogP contribution in [0.3, 0.4) is 0 Å². The first-order chi connectivity index (χ1) is 13.2. The van der Waals surface area contributed by atoms with Crippen molar-refractivity contribution in [3.8, 4) is 11.4 Å². The molecule has 1 saturated carbocycles. The highest BCUT2D eigenvalue weighted by molar-refractivity contribution is 14.0. The molecule has 0 spiro atoms. The fraction of sp³-hybridized carbons (Fsp3) is 0.526. The second-order valence-corrected chi connectivity index (χ2v) is 8.12. The lowest BCUT2D eigenvalue weighted by Gasteiger charge is -2.17. The Morgan fingerprint density at radius 2 is 2.25 bits per heavy atom. The van der Waals surface area contributed by atoms with Crippen molar-refractivity contribution in [1.29, 1.82) is 0 Å². The molecule has 1 aromatic carbocycles. The van der Waals surface area contributed by atoms with Crippen LogP contribution in [0.5, 0.6) is 0 Å². The number of nitrogens with zero attached hydrogens (tertiary/aromatic N) is 3. The van der Waals surface area contributed by atoms with E-state index in [1.807, 2.05) is 36.0 Å². The van der Waals surface area contributed by atoms with Crippen LogP contribution in [0, 0.1) is 0 Å². The number of benzene rings is 1. The van der Waals surface area contributed by atoms with Crippen LogP contribution in [0.15, 0.2) is 33.8 Å². The van der Waals surface area contributed by atoms with E-state index >= 15 is 0 Å². The summed E-state index contributed by atoms with van der Waals surface area (Å²) >= 11 is 7.98. The number of halogens is 2. The van der Waals surface area contributed by atoms with E-state index in [-0.39, 0.29) is 24.0 Å². The van der Waals surface area contributed by atoms with Crippen molar-refractivity contribution >= 4 is 53.3 Å². The summed E-state index contributed by atoms with van der Waals surface area (Å²) in [4.78, 5) is 9.10. The molecule has 154 valence electrons. The third-order valence-corrected chi connectivity index (χ3v) is 5.88. The Bertz CT molecular complexity index is 772. The Hall–Kier alpha value is -1.000. The lowest BCUT2D eigenvalue weighted by atomic mass is 10.2. The summed E-state index contributed by atoms with van der Waals surface area (Å²) in [6, 6.07) is 7.93. The number of nitrogens with one attached hydrogen (secondary N) is 2. The Morgan fingerprint density at radius 3 is 2.96 bits per heavy atom. The molecule has 0 amide bonds. The van der Waals surface area contributed by atoms with Crippen molar-refractivity contribution in [3.05, 3.63) is 35.2 Å². The van der Waals surface area contributed by atoms with Gasteiger partial charge in [-0.3, -0.25) is 4.99 Å². The summed E-state index contributed by atoms with van der Waals surface area (Å²) < 4.78 is 5.35. The van der Waals surface area contributed by atoms with Crippen LogP contribution in [0.25, 0.3) is 11.4 Å². The van der Waals surface area contributed by atoms with Crippen LogP contribution in [-0.4, -0.2) is 46.7 Å². The lowest BCUT2D eigenvalue weighted by Crippen LogP contribution is -2.42. The normalized spacial score (nSPS) is 19.3. The van der Waals surface area contributed by atoms with Gasteiger partial charge in [-0.05, 0) is 44.6 Å². The number of guanidine groups is 1. The molecule has 28 heavy (non-hydrogen) atoms. The second kappa shape index (κ2) is 11.9. The molecule has 6 nitrogen and oxygen atoms in total. The molecule has 1 aliphatic rings. The maximum absolute atomic E-state index is 6.02. The number of aliphatic imine (C=N–C) groups is 1. The molecule has 9 heteroatoms. The van der Waals surface area contributed by atoms with Gasteiger partial charge in [-0.1, -0.05) is 28.9 Å². The average Bonchev–Trinajstić information content (AvgIpc) is 3.31. The van der Waals surface area contributed by atoms with Gasteiger partial charge in [0.05, 0.1) is 6.54 Å². The molecule has 2 N–H and O–H groups in total. The predicted molar refractivity (Wildman–Crippen MR) is 128 cm³/mol. The third kappa shape index (κ3) is 6.81. The quantitative estimate of drug-likeness (QED) is 0.311. The molecule has 0 saturated heterocycles. The second-order valence-electron chi connectivity index (χ2n) is 6.54. The molecule has 0 aliphatic heterocycles. The predicted octanol–water partition coefficient (Wildman–Crippen LogP) is 4.39. The first-order valence-electron chi connectivity index (χ1n) is 9.34. The zero-order valence-corrected chi connectivity index (χ0v) is 20.1. The van der Waals surface area contributed by atoms with Crippen LogP contribution in [0.4, 0.5) is 0 Å². The zero-order valence-electron chi connectivity index (χ0n) is 16.2. The number of hydrogen-bond acceptors (Lipinski definition) is 5. The first kappa shape index (κ1) is 23.3. The molecule has 2 aromatic rings. The molecule has 2 atom stereocenters. The highest BCUT2D eigenvalue weighted by Gasteiger charge is 2.24. The maximum atomic E-state index is 6.02. The highest BCUT2D eigenvalue weighted by Crippen LogP contribution is 2.28. The van der Waals surface area contributed by atoms with E-state index in [0.717, 1.165) is 23.3 Å². The summed E-state index contributed by atoms with van der Waals surface area (Å²) in [5.41, 5.74) is 0.848. The highest BCUT2D eigenvalue weighted by atomic mass is 127. The van der Waals surface area contributed by atoms with Gasteiger partial charge in [-0.25, -0.2) is 0 Å². The van der Waals surface area contributed by atoms with Crippen molar-refractivity contribution in [3.63, 3.8) is 0 Å². The van der Waals surface area contributed by atoms with Gasteiger partial charge in [0.2, 0.25) is 11.7 Å². The van der Waals surface area contributed by atoms with Crippen molar-refractivity contribution < 1.29 is 4.52 Å². The van der Waals surface area contributed by atoms with Gasteiger partial charge < -0.3 is 15.2 Å². The number of hydrogen-bond donors (Lipinski definition) is 2. The lowest BCUT2D eigenvalue weighted by molar-refractivity contribution is 0.380. The molecule has 1 aromatic heterocycles. The van der Waals surface area contributed by atoms with Crippen molar-refractivity contribution in [1.82, 2.24) is 20.8 Å². The minimum Gasteiger partial charge on any atom is -0.357 e. The zero-order chi connectivity index (χ0) is 19.1. The molecule has 2 unspecified atom stereocenters. The van der Waals surface area contributed by atoms with Gasteiger partial charge in [0.1, 0.15) is 0 Å². The summed E-state index contributed by atoms with van der Waals surface area (Å²) in [5, 5.41) is 12.3.